The van der Waals surface area contributed by atoms with Crippen LogP contribution in [0, 0.1) is 5.92 Å². The summed E-state index contributed by atoms with van der Waals surface area (Å²) in [4.78, 5) is 30.3. The number of allylic oxidation sites excluding steroid dienone is 3. The van der Waals surface area contributed by atoms with Gasteiger partial charge in [0.1, 0.15) is 12.2 Å². The minimum Gasteiger partial charge on any atom is -0.457 e. The number of amides is 1. The minimum absolute atomic E-state index is 0.0631. The first-order chi connectivity index (χ1) is 15.8. The van der Waals surface area contributed by atoms with Gasteiger partial charge in [-0.3, -0.25) is 9.78 Å². The molecule has 6 nitrogen and oxygen atoms in total. The highest BCUT2D eigenvalue weighted by Gasteiger charge is 2.23. The number of carbonyl (C=O) groups is 2. The molecule has 0 spiro atoms. The molecule has 180 valence electrons. The van der Waals surface area contributed by atoms with Gasteiger partial charge in [0, 0.05) is 44.2 Å². The second-order valence-corrected chi connectivity index (χ2v) is 8.91. The Hall–Kier alpha value is -2.89. The molecule has 1 amide bonds. The Morgan fingerprint density at radius 3 is 2.73 bits per heavy atom. The third-order valence-corrected chi connectivity index (χ3v) is 5.71. The monoisotopic (exact) mass is 454 g/mol. The SMILES string of the molecule is C/C(=C\C=C\[C@H](C)c1ccccn1)[C@H]1OC(=O)CCCCC[C@@H](OC(=O)N(C)C)/C=C\[C@@H]1C. The van der Waals surface area contributed by atoms with Gasteiger partial charge in [-0.05, 0) is 50.0 Å². The zero-order valence-electron chi connectivity index (χ0n) is 20.6. The van der Waals surface area contributed by atoms with Crippen molar-refractivity contribution in [3.63, 3.8) is 0 Å². The van der Waals surface area contributed by atoms with Crippen LogP contribution < -0.4 is 0 Å². The van der Waals surface area contributed by atoms with E-state index in [1.807, 2.05) is 56.4 Å². The Bertz CT molecular complexity index is 845. The number of rotatable bonds is 5. The molecule has 6 heteroatoms. The zero-order chi connectivity index (χ0) is 24.2. The van der Waals surface area contributed by atoms with Crippen LogP contribution in [0.2, 0.25) is 0 Å². The summed E-state index contributed by atoms with van der Waals surface area (Å²) in [5.41, 5.74) is 1.97. The standard InChI is InChI=1S/C27H38N2O4/c1-20(24-15-9-10-19-28-24)12-11-13-21(2)26-22(3)17-18-23(32-27(31)29(4)5)14-7-6-8-16-25(30)33-26/h9-13,15,17-20,22-23,26H,6-8,14,16H2,1-5H3/b12-11+,18-17-,21-13+/t20-,22-,23+,26+/m0/s1. The second-order valence-electron chi connectivity index (χ2n) is 8.91. The summed E-state index contributed by atoms with van der Waals surface area (Å²) in [5.74, 6) is -0.0552. The zero-order valence-corrected chi connectivity index (χ0v) is 20.6. The summed E-state index contributed by atoms with van der Waals surface area (Å²) in [5, 5.41) is 0. The van der Waals surface area contributed by atoms with Crippen molar-refractivity contribution in [2.24, 2.45) is 5.92 Å². The highest BCUT2D eigenvalue weighted by atomic mass is 16.6. The minimum atomic E-state index is -0.381. The van der Waals surface area contributed by atoms with Gasteiger partial charge >= 0.3 is 12.1 Å². The van der Waals surface area contributed by atoms with Crippen LogP contribution in [-0.4, -0.2) is 48.2 Å². The number of nitrogens with zero attached hydrogens (tertiary/aromatic N) is 2. The highest BCUT2D eigenvalue weighted by molar-refractivity contribution is 5.70. The molecule has 0 saturated carbocycles. The van der Waals surface area contributed by atoms with Crippen molar-refractivity contribution in [1.82, 2.24) is 9.88 Å². The molecule has 0 aromatic carbocycles. The molecule has 0 N–H and O–H groups in total. The molecule has 1 aliphatic heterocycles. The van der Waals surface area contributed by atoms with Crippen molar-refractivity contribution in [2.75, 3.05) is 14.1 Å². The first-order valence-electron chi connectivity index (χ1n) is 11.8. The van der Waals surface area contributed by atoms with Crippen molar-refractivity contribution in [3.05, 3.63) is 66.0 Å². The van der Waals surface area contributed by atoms with Gasteiger partial charge in [-0.2, -0.15) is 0 Å². The van der Waals surface area contributed by atoms with Gasteiger partial charge in [-0.1, -0.05) is 50.6 Å². The fourth-order valence-corrected chi connectivity index (χ4v) is 3.65. The fourth-order valence-electron chi connectivity index (χ4n) is 3.65. The van der Waals surface area contributed by atoms with E-state index in [9.17, 15) is 9.59 Å². The van der Waals surface area contributed by atoms with Gasteiger partial charge in [0.15, 0.2) is 0 Å². The molecular weight excluding hydrogens is 416 g/mol. The molecule has 1 aromatic heterocycles. The van der Waals surface area contributed by atoms with E-state index < -0.39 is 0 Å². The molecule has 0 aliphatic carbocycles. The van der Waals surface area contributed by atoms with Crippen LogP contribution in [0.1, 0.15) is 64.5 Å². The summed E-state index contributed by atoms with van der Waals surface area (Å²) in [7, 11) is 3.35. The van der Waals surface area contributed by atoms with Gasteiger partial charge in [-0.25, -0.2) is 4.79 Å². The third-order valence-electron chi connectivity index (χ3n) is 5.71. The van der Waals surface area contributed by atoms with E-state index in [4.69, 9.17) is 9.47 Å². The molecule has 0 saturated heterocycles. The molecule has 2 rings (SSSR count). The average Bonchev–Trinajstić information content (AvgIpc) is 2.79. The van der Waals surface area contributed by atoms with Crippen molar-refractivity contribution in [1.29, 1.82) is 0 Å². The van der Waals surface area contributed by atoms with E-state index >= 15 is 0 Å². The lowest BCUT2D eigenvalue weighted by Crippen LogP contribution is -2.28. The number of carbonyl (C=O) groups excluding carboxylic acids is 2. The first-order valence-corrected chi connectivity index (χ1v) is 11.8. The molecule has 0 fully saturated rings. The van der Waals surface area contributed by atoms with E-state index in [-0.39, 0.29) is 36.1 Å². The summed E-state index contributed by atoms with van der Waals surface area (Å²) in [6, 6.07) is 5.89. The Balaban J connectivity index is 2.16. The van der Waals surface area contributed by atoms with Gasteiger partial charge in [-0.15, -0.1) is 0 Å². The topological polar surface area (TPSA) is 68.7 Å². The molecule has 2 heterocycles. The Morgan fingerprint density at radius 1 is 1.24 bits per heavy atom. The molecule has 33 heavy (non-hydrogen) atoms. The van der Waals surface area contributed by atoms with Crippen molar-refractivity contribution < 1.29 is 19.1 Å². The van der Waals surface area contributed by atoms with E-state index in [2.05, 4.69) is 18.0 Å². The van der Waals surface area contributed by atoms with Crippen LogP contribution in [0.5, 0.6) is 0 Å². The van der Waals surface area contributed by atoms with Gasteiger partial charge < -0.3 is 14.4 Å². The van der Waals surface area contributed by atoms with Crippen molar-refractivity contribution in [3.8, 4) is 0 Å². The Labute approximate surface area is 198 Å². The van der Waals surface area contributed by atoms with E-state index in [1.165, 1.54) is 4.90 Å². The van der Waals surface area contributed by atoms with Crippen LogP contribution in [0.15, 0.2) is 60.3 Å². The largest absolute Gasteiger partial charge is 0.457 e. The third kappa shape index (κ3) is 9.24. The number of pyridine rings is 1. The van der Waals surface area contributed by atoms with Crippen molar-refractivity contribution in [2.45, 2.75) is 71.0 Å². The molecule has 0 unspecified atom stereocenters. The van der Waals surface area contributed by atoms with Crippen LogP contribution in [0.3, 0.4) is 0 Å². The summed E-state index contributed by atoms with van der Waals surface area (Å²) >= 11 is 0. The number of cyclic esters (lactones) is 1. The summed E-state index contributed by atoms with van der Waals surface area (Å²) < 4.78 is 11.5. The van der Waals surface area contributed by atoms with Gasteiger partial charge in [0.05, 0.1) is 0 Å². The second kappa shape index (κ2) is 13.6. The maximum atomic E-state index is 12.4. The van der Waals surface area contributed by atoms with Crippen LogP contribution in [-0.2, 0) is 14.3 Å². The lowest BCUT2D eigenvalue weighted by Gasteiger charge is -2.24. The number of aromatic nitrogens is 1. The number of esters is 1. The maximum Gasteiger partial charge on any atom is 0.409 e. The maximum absolute atomic E-state index is 12.4. The number of hydrogen-bond donors (Lipinski definition) is 0. The fraction of sp³-hybridized carbons (Fsp3) is 0.519. The highest BCUT2D eigenvalue weighted by Crippen LogP contribution is 2.22. The quantitative estimate of drug-likeness (QED) is 0.318. The average molecular weight is 455 g/mol. The summed E-state index contributed by atoms with van der Waals surface area (Å²) in [6.07, 6.45) is 14.5. The van der Waals surface area contributed by atoms with Crippen LogP contribution in [0.4, 0.5) is 4.79 Å². The predicted molar refractivity (Wildman–Crippen MR) is 131 cm³/mol. The summed E-state index contributed by atoms with van der Waals surface area (Å²) in [6.45, 7) is 6.09. The van der Waals surface area contributed by atoms with Gasteiger partial charge in [0.2, 0.25) is 0 Å². The molecular formula is C27H38N2O4. The predicted octanol–water partition coefficient (Wildman–Crippen LogP) is 5.82. The van der Waals surface area contributed by atoms with Crippen LogP contribution >= 0.6 is 0 Å². The van der Waals surface area contributed by atoms with Crippen LogP contribution in [0.25, 0.3) is 0 Å². The van der Waals surface area contributed by atoms with Crippen molar-refractivity contribution >= 4 is 12.1 Å². The van der Waals surface area contributed by atoms with E-state index in [0.29, 0.717) is 6.42 Å². The smallest absolute Gasteiger partial charge is 0.409 e. The Kier molecular flexibility index (Phi) is 10.9. The molecule has 1 aromatic rings. The number of hydrogen-bond acceptors (Lipinski definition) is 5. The number of ether oxygens (including phenoxy) is 2. The molecule has 1 aliphatic rings. The van der Waals surface area contributed by atoms with Gasteiger partial charge in [0.25, 0.3) is 0 Å². The lowest BCUT2D eigenvalue weighted by atomic mass is 9.95. The molecule has 0 bridgehead atoms. The normalized spacial score (nSPS) is 24.8. The molecule has 4 atom stereocenters. The Morgan fingerprint density at radius 2 is 2.03 bits per heavy atom. The molecule has 0 radical (unpaired) electrons. The first kappa shape index (κ1) is 26.4. The van der Waals surface area contributed by atoms with E-state index in [0.717, 1.165) is 37.0 Å². The van der Waals surface area contributed by atoms with E-state index in [1.54, 1.807) is 20.3 Å². The lowest BCUT2D eigenvalue weighted by molar-refractivity contribution is -0.148.